The van der Waals surface area contributed by atoms with E-state index in [4.69, 9.17) is 22.1 Å². The van der Waals surface area contributed by atoms with Gasteiger partial charge >= 0.3 is 0 Å². The van der Waals surface area contributed by atoms with Gasteiger partial charge in [0.1, 0.15) is 22.8 Å². The molecule has 3 N–H and O–H groups in total. The number of ether oxygens (including phenoxy) is 1. The molecule has 0 saturated heterocycles. The van der Waals surface area contributed by atoms with E-state index in [1.165, 1.54) is 0 Å². The number of allylic oxidation sites excluding steroid dienone is 1. The Labute approximate surface area is 155 Å². The summed E-state index contributed by atoms with van der Waals surface area (Å²) in [6.45, 7) is 3.90. The molecule has 132 valence electrons. The molecule has 3 aliphatic rings. The Balaban J connectivity index is 2.10. The van der Waals surface area contributed by atoms with Gasteiger partial charge in [-0.2, -0.15) is 5.26 Å². The van der Waals surface area contributed by atoms with Crippen LogP contribution in [0.25, 0.3) is 0 Å². The smallest absolute Gasteiger partial charge is 0.245 e. The molecule has 0 aromatic heterocycles. The monoisotopic (exact) mass is 369 g/mol. The predicted molar refractivity (Wildman–Crippen MR) is 94.7 cm³/mol. The lowest BCUT2D eigenvalue weighted by molar-refractivity contribution is -0.124. The number of carbonyl (C=O) groups excluding carboxylic acids is 2. The van der Waals surface area contributed by atoms with Gasteiger partial charge in [0, 0.05) is 29.1 Å². The first kappa shape index (κ1) is 16.7. The van der Waals surface area contributed by atoms with E-state index in [0.29, 0.717) is 28.5 Å². The van der Waals surface area contributed by atoms with Gasteiger partial charge in [0.05, 0.1) is 5.57 Å². The van der Waals surface area contributed by atoms with Crippen LogP contribution in [0.4, 0.5) is 5.69 Å². The average Bonchev–Trinajstić information content (AvgIpc) is 2.79. The Morgan fingerprint density at radius 1 is 1.31 bits per heavy atom. The minimum Gasteiger partial charge on any atom is -0.444 e. The third-order valence-corrected chi connectivity index (χ3v) is 5.39. The Morgan fingerprint density at radius 3 is 2.73 bits per heavy atom. The number of ketones is 1. The summed E-state index contributed by atoms with van der Waals surface area (Å²) in [7, 11) is 0. The van der Waals surface area contributed by atoms with Gasteiger partial charge in [-0.1, -0.05) is 25.4 Å². The fourth-order valence-electron chi connectivity index (χ4n) is 4.17. The van der Waals surface area contributed by atoms with E-state index in [0.717, 1.165) is 0 Å². The van der Waals surface area contributed by atoms with Gasteiger partial charge < -0.3 is 15.8 Å². The molecule has 0 radical (unpaired) electrons. The fraction of sp³-hybridized carbons (Fsp3) is 0.316. The molecule has 0 saturated carbocycles. The molecule has 7 heteroatoms. The summed E-state index contributed by atoms with van der Waals surface area (Å²) < 4.78 is 5.66. The number of carbonyl (C=O) groups is 2. The Bertz CT molecular complexity index is 1000. The van der Waals surface area contributed by atoms with Crippen molar-refractivity contribution in [2.45, 2.75) is 32.1 Å². The number of anilines is 1. The Kier molecular flexibility index (Phi) is 3.28. The highest BCUT2D eigenvalue weighted by atomic mass is 35.5. The van der Waals surface area contributed by atoms with Gasteiger partial charge in [0.25, 0.3) is 0 Å². The molecule has 1 amide bonds. The van der Waals surface area contributed by atoms with Crippen LogP contribution in [0.1, 0.15) is 32.3 Å². The molecule has 2 aliphatic heterocycles. The molecule has 4 rings (SSSR count). The molecule has 1 aliphatic carbocycles. The van der Waals surface area contributed by atoms with E-state index in [-0.39, 0.29) is 34.6 Å². The van der Waals surface area contributed by atoms with Crippen molar-refractivity contribution in [2.75, 3.05) is 5.32 Å². The number of fused-ring (bicyclic) bond motifs is 3. The van der Waals surface area contributed by atoms with Crippen LogP contribution in [0.3, 0.4) is 0 Å². The molecule has 2 heterocycles. The van der Waals surface area contributed by atoms with Crippen molar-refractivity contribution in [2.24, 2.45) is 11.1 Å². The number of benzene rings is 1. The predicted octanol–water partition coefficient (Wildman–Crippen LogP) is 2.90. The number of rotatable bonds is 0. The number of nitrogens with one attached hydrogen (secondary N) is 1. The average molecular weight is 370 g/mol. The summed E-state index contributed by atoms with van der Waals surface area (Å²) in [6, 6.07) is 6.88. The van der Waals surface area contributed by atoms with Crippen LogP contribution in [0.5, 0.6) is 0 Å². The van der Waals surface area contributed by atoms with Gasteiger partial charge in [-0.25, -0.2) is 0 Å². The summed E-state index contributed by atoms with van der Waals surface area (Å²) >= 11 is 6.16. The summed E-state index contributed by atoms with van der Waals surface area (Å²) in [5.41, 5.74) is 5.16. The van der Waals surface area contributed by atoms with E-state index in [1.807, 2.05) is 19.9 Å². The van der Waals surface area contributed by atoms with Crippen LogP contribution in [0.2, 0.25) is 5.02 Å². The topological polar surface area (TPSA) is 105 Å². The molecule has 0 fully saturated rings. The van der Waals surface area contributed by atoms with Gasteiger partial charge in [-0.15, -0.1) is 0 Å². The molecule has 1 atom stereocenters. The van der Waals surface area contributed by atoms with Crippen LogP contribution in [0.15, 0.2) is 41.0 Å². The fourth-order valence-corrected chi connectivity index (χ4v) is 4.34. The molecule has 26 heavy (non-hydrogen) atoms. The molecule has 0 bridgehead atoms. The number of nitrogens with zero attached hydrogens (tertiary/aromatic N) is 1. The zero-order chi connectivity index (χ0) is 18.9. The van der Waals surface area contributed by atoms with E-state index < -0.39 is 11.3 Å². The molecule has 1 spiro atoms. The lowest BCUT2D eigenvalue weighted by Gasteiger charge is -2.41. The first-order chi connectivity index (χ1) is 12.2. The van der Waals surface area contributed by atoms with Crippen molar-refractivity contribution in [3.8, 4) is 6.07 Å². The largest absolute Gasteiger partial charge is 0.444 e. The zero-order valence-electron chi connectivity index (χ0n) is 14.3. The molecule has 1 aromatic rings. The lowest BCUT2D eigenvalue weighted by Crippen LogP contribution is -2.48. The second-order valence-corrected chi connectivity index (χ2v) is 8.02. The SMILES string of the molecule is CC1(C)CC(=O)C2=C(C1)OC(N)=C(C#N)[C@@]21C(=O)Nc2ccc(Cl)cc21. The molecular formula is C19H16ClN3O3. The maximum absolute atomic E-state index is 13.2. The highest BCUT2D eigenvalue weighted by Gasteiger charge is 2.60. The van der Waals surface area contributed by atoms with E-state index in [1.54, 1.807) is 18.2 Å². The number of hydrogen-bond donors (Lipinski definition) is 2. The number of hydrogen-bond acceptors (Lipinski definition) is 5. The molecule has 0 unspecified atom stereocenters. The van der Waals surface area contributed by atoms with Crippen LogP contribution >= 0.6 is 11.6 Å². The van der Waals surface area contributed by atoms with Gasteiger partial charge in [-0.3, -0.25) is 9.59 Å². The molecule has 1 aromatic carbocycles. The van der Waals surface area contributed by atoms with E-state index in [9.17, 15) is 14.9 Å². The van der Waals surface area contributed by atoms with Crippen molar-refractivity contribution in [3.05, 3.63) is 51.6 Å². The standard InChI is InChI=1S/C19H16ClN3O3/c1-18(2)6-13(24)15-14(7-18)26-16(22)11(8-21)19(15)10-5-9(20)3-4-12(10)23-17(19)25/h3-5H,6-7,22H2,1-2H3,(H,23,25)/t19-/m1/s1. The minimum absolute atomic E-state index is 0.0807. The third kappa shape index (κ3) is 1.98. The van der Waals surface area contributed by atoms with Crippen LogP contribution in [0, 0.1) is 16.7 Å². The summed E-state index contributed by atoms with van der Waals surface area (Å²) in [5.74, 6) is -0.511. The van der Waals surface area contributed by atoms with Gasteiger partial charge in [-0.05, 0) is 23.6 Å². The zero-order valence-corrected chi connectivity index (χ0v) is 15.0. The molecular weight excluding hydrogens is 354 g/mol. The number of nitriles is 1. The second kappa shape index (κ2) is 5.12. The van der Waals surface area contributed by atoms with Crippen molar-refractivity contribution >= 4 is 29.0 Å². The van der Waals surface area contributed by atoms with Crippen LogP contribution < -0.4 is 11.1 Å². The quantitative estimate of drug-likeness (QED) is 0.731. The third-order valence-electron chi connectivity index (χ3n) is 5.15. The summed E-state index contributed by atoms with van der Waals surface area (Å²) in [6.07, 6.45) is 0.692. The van der Waals surface area contributed by atoms with Crippen molar-refractivity contribution in [1.29, 1.82) is 5.26 Å². The lowest BCUT2D eigenvalue weighted by atomic mass is 9.62. The van der Waals surface area contributed by atoms with Crippen LogP contribution in [-0.2, 0) is 19.7 Å². The van der Waals surface area contributed by atoms with Gasteiger partial charge in [0.15, 0.2) is 5.78 Å². The molecule has 6 nitrogen and oxygen atoms in total. The minimum atomic E-state index is -1.61. The number of halogens is 1. The highest BCUT2D eigenvalue weighted by Crippen LogP contribution is 2.56. The Hall–Kier alpha value is -2.78. The maximum atomic E-state index is 13.2. The highest BCUT2D eigenvalue weighted by molar-refractivity contribution is 6.31. The number of Topliss-reactive ketones (excluding diaryl/α,β-unsaturated/α-hetero) is 1. The first-order valence-electron chi connectivity index (χ1n) is 8.17. The van der Waals surface area contributed by atoms with Crippen molar-refractivity contribution < 1.29 is 14.3 Å². The summed E-state index contributed by atoms with van der Waals surface area (Å²) in [5, 5.41) is 12.9. The van der Waals surface area contributed by atoms with Crippen LogP contribution in [-0.4, -0.2) is 11.7 Å². The van der Waals surface area contributed by atoms with E-state index in [2.05, 4.69) is 5.32 Å². The Morgan fingerprint density at radius 2 is 2.04 bits per heavy atom. The first-order valence-corrected chi connectivity index (χ1v) is 8.55. The number of nitrogens with two attached hydrogens (primary N) is 1. The second-order valence-electron chi connectivity index (χ2n) is 7.59. The summed E-state index contributed by atoms with van der Waals surface area (Å²) in [4.78, 5) is 26.2. The maximum Gasteiger partial charge on any atom is 0.245 e. The normalized spacial score (nSPS) is 26.2. The van der Waals surface area contributed by atoms with E-state index >= 15 is 0 Å². The number of amides is 1. The van der Waals surface area contributed by atoms with Crippen molar-refractivity contribution in [1.82, 2.24) is 0 Å². The van der Waals surface area contributed by atoms with Crippen molar-refractivity contribution in [3.63, 3.8) is 0 Å². The van der Waals surface area contributed by atoms with Gasteiger partial charge in [0.2, 0.25) is 11.8 Å².